The van der Waals surface area contributed by atoms with Gasteiger partial charge in [-0.25, -0.2) is 14.6 Å². The molecule has 3 heterocycles. The minimum absolute atomic E-state index is 0.0286. The maximum atomic E-state index is 13.8. The number of nitrogens with two attached hydrogens (primary N) is 1. The third kappa shape index (κ3) is 4.46. The van der Waals surface area contributed by atoms with Crippen LogP contribution in [0.15, 0.2) is 67.0 Å². The molecule has 0 saturated carbocycles. The summed E-state index contributed by atoms with van der Waals surface area (Å²) >= 11 is 0. The van der Waals surface area contributed by atoms with Crippen molar-refractivity contribution in [1.29, 1.82) is 0 Å². The first-order valence-electron chi connectivity index (χ1n) is 10.9. The quantitative estimate of drug-likeness (QED) is 0.301. The van der Waals surface area contributed by atoms with Gasteiger partial charge in [-0.15, -0.1) is 0 Å². The molecule has 11 nitrogen and oxygen atoms in total. The largest absolute Gasteiger partial charge is 0.459 e. The summed E-state index contributed by atoms with van der Waals surface area (Å²) in [4.78, 5) is 36.4. The Kier molecular flexibility index (Phi) is 6.27. The average Bonchev–Trinajstić information content (AvgIpc) is 3.44. The first kappa shape index (κ1) is 23.3. The van der Waals surface area contributed by atoms with Gasteiger partial charge in [0.2, 0.25) is 0 Å². The van der Waals surface area contributed by atoms with E-state index in [1.165, 1.54) is 10.9 Å². The number of imidazole rings is 1. The van der Waals surface area contributed by atoms with Crippen LogP contribution in [0.5, 0.6) is 0 Å². The number of benzene rings is 2. The van der Waals surface area contributed by atoms with Gasteiger partial charge in [-0.2, -0.15) is 14.4 Å². The highest BCUT2D eigenvalue weighted by Gasteiger charge is 2.48. The van der Waals surface area contributed by atoms with Crippen LogP contribution >= 0.6 is 0 Å². The molecule has 1 saturated heterocycles. The Balaban J connectivity index is 1.42. The van der Waals surface area contributed by atoms with Gasteiger partial charge < -0.3 is 25.1 Å². The van der Waals surface area contributed by atoms with Gasteiger partial charge in [0.15, 0.2) is 29.3 Å². The fraction of sp³-hybridized carbons (Fsp3) is 0.208. The molecule has 0 amide bonds. The fourth-order valence-electron chi connectivity index (χ4n) is 3.91. The lowest BCUT2D eigenvalue weighted by Gasteiger charge is -2.20. The van der Waals surface area contributed by atoms with Crippen molar-refractivity contribution in [3.63, 3.8) is 0 Å². The van der Waals surface area contributed by atoms with Gasteiger partial charge in [-0.3, -0.25) is 4.57 Å². The standard InChI is InChI=1S/C24H20FN5O6/c25-24-28-19(26)16-20(29-24)30(12-27-16)21-17(31)18(36-23(33)14-9-5-2-6-10-14)15(35-21)11-34-22(32)13-7-3-1-4-8-13/h1-10,12,15,17-18,21,31H,11H2,(H2,26,28,29)/t15-,17-,18-,21-/m1/s1. The van der Waals surface area contributed by atoms with Crippen molar-refractivity contribution in [2.24, 2.45) is 0 Å². The highest BCUT2D eigenvalue weighted by Crippen LogP contribution is 2.34. The van der Waals surface area contributed by atoms with Gasteiger partial charge in [0.1, 0.15) is 18.8 Å². The van der Waals surface area contributed by atoms with Gasteiger partial charge in [0, 0.05) is 0 Å². The molecule has 1 aliphatic heterocycles. The molecule has 0 bridgehead atoms. The summed E-state index contributed by atoms with van der Waals surface area (Å²) < 4.78 is 32.0. The number of fused-ring (bicyclic) bond motifs is 1. The number of aliphatic hydroxyl groups is 1. The van der Waals surface area contributed by atoms with Gasteiger partial charge in [0.05, 0.1) is 17.5 Å². The summed E-state index contributed by atoms with van der Waals surface area (Å²) in [6.45, 7) is -0.341. The molecule has 3 N–H and O–H groups in total. The summed E-state index contributed by atoms with van der Waals surface area (Å²) in [6, 6.07) is 16.5. The first-order valence-corrected chi connectivity index (χ1v) is 10.9. The van der Waals surface area contributed by atoms with Crippen LogP contribution in [-0.4, -0.2) is 61.5 Å². The Morgan fingerprint density at radius 1 is 1.03 bits per heavy atom. The van der Waals surface area contributed by atoms with Crippen molar-refractivity contribution in [2.45, 2.75) is 24.5 Å². The van der Waals surface area contributed by atoms with Gasteiger partial charge in [-0.1, -0.05) is 36.4 Å². The summed E-state index contributed by atoms with van der Waals surface area (Å²) in [5, 5.41) is 11.1. The number of hydrogen-bond donors (Lipinski definition) is 2. The van der Waals surface area contributed by atoms with E-state index in [9.17, 15) is 19.1 Å². The highest BCUT2D eigenvalue weighted by atomic mass is 19.1. The number of esters is 2. The van der Waals surface area contributed by atoms with Crippen LogP contribution in [0, 0.1) is 6.08 Å². The third-order valence-electron chi connectivity index (χ3n) is 5.65. The first-order chi connectivity index (χ1) is 17.4. The van der Waals surface area contributed by atoms with Crippen LogP contribution in [0.1, 0.15) is 26.9 Å². The van der Waals surface area contributed by atoms with E-state index in [-0.39, 0.29) is 29.2 Å². The molecule has 0 unspecified atom stereocenters. The third-order valence-corrected chi connectivity index (χ3v) is 5.65. The van der Waals surface area contributed by atoms with Crippen molar-refractivity contribution < 1.29 is 33.3 Å². The van der Waals surface area contributed by atoms with Crippen molar-refractivity contribution in [3.05, 3.63) is 84.2 Å². The number of halogens is 1. The number of ether oxygens (including phenoxy) is 3. The average molecular weight is 493 g/mol. The van der Waals surface area contributed by atoms with Crippen LogP contribution in [0.25, 0.3) is 11.2 Å². The number of rotatable bonds is 6. The van der Waals surface area contributed by atoms with Crippen LogP contribution in [0.3, 0.4) is 0 Å². The lowest BCUT2D eigenvalue weighted by molar-refractivity contribution is -0.0585. The molecule has 4 atom stereocenters. The second-order valence-corrected chi connectivity index (χ2v) is 7.96. The van der Waals surface area contributed by atoms with Crippen LogP contribution in [0.4, 0.5) is 10.2 Å². The molecule has 5 rings (SSSR count). The smallest absolute Gasteiger partial charge is 0.338 e. The molecule has 1 aliphatic rings. The molecule has 36 heavy (non-hydrogen) atoms. The van der Waals surface area contributed by atoms with Crippen molar-refractivity contribution in [1.82, 2.24) is 19.5 Å². The van der Waals surface area contributed by atoms with Crippen molar-refractivity contribution in [2.75, 3.05) is 12.3 Å². The van der Waals surface area contributed by atoms with Crippen LogP contribution in [-0.2, 0) is 14.2 Å². The number of nitrogens with zero attached hydrogens (tertiary/aromatic N) is 4. The number of hydrogen-bond acceptors (Lipinski definition) is 10. The number of aliphatic hydroxyl groups excluding tert-OH is 1. The van der Waals surface area contributed by atoms with E-state index in [4.69, 9.17) is 19.9 Å². The highest BCUT2D eigenvalue weighted by molar-refractivity contribution is 5.90. The van der Waals surface area contributed by atoms with Gasteiger partial charge in [0.25, 0.3) is 0 Å². The summed E-state index contributed by atoms with van der Waals surface area (Å²) in [5.74, 6) is -1.53. The van der Waals surface area contributed by atoms with Crippen LogP contribution in [0.2, 0.25) is 0 Å². The maximum absolute atomic E-state index is 13.8. The molecular formula is C24H20FN5O6. The summed E-state index contributed by atoms with van der Waals surface area (Å²) in [7, 11) is 0. The summed E-state index contributed by atoms with van der Waals surface area (Å²) in [6.07, 6.45) is -4.81. The molecule has 0 aliphatic carbocycles. The number of nitrogen functional groups attached to an aromatic ring is 1. The SMILES string of the molecule is Nc1nc(F)nc2c1ncn2[C@@H]1O[C@H](COC(=O)c2ccccc2)[C@@H](OC(=O)c2ccccc2)[C@H]1O. The number of aromatic nitrogens is 4. The molecule has 1 fully saturated rings. The van der Waals surface area contributed by atoms with E-state index in [0.29, 0.717) is 5.56 Å². The molecule has 0 spiro atoms. The molecule has 0 radical (unpaired) electrons. The predicted octanol–water partition coefficient (Wildman–Crippen LogP) is 1.89. The molecule has 12 heteroatoms. The number of anilines is 1. The second-order valence-electron chi connectivity index (χ2n) is 7.96. The fourth-order valence-corrected chi connectivity index (χ4v) is 3.91. The lowest BCUT2D eigenvalue weighted by Crippen LogP contribution is -2.38. The maximum Gasteiger partial charge on any atom is 0.338 e. The molecule has 4 aromatic rings. The minimum atomic E-state index is -1.45. The Hall–Kier alpha value is -4.42. The van der Waals surface area contributed by atoms with E-state index in [0.717, 1.165) is 0 Å². The Labute approximate surface area is 203 Å². The van der Waals surface area contributed by atoms with Gasteiger partial charge >= 0.3 is 18.0 Å². The lowest BCUT2D eigenvalue weighted by atomic mass is 10.1. The van der Waals surface area contributed by atoms with E-state index < -0.39 is 42.6 Å². The van der Waals surface area contributed by atoms with Crippen LogP contribution < -0.4 is 5.73 Å². The zero-order chi connectivity index (χ0) is 25.2. The molecular weight excluding hydrogens is 473 g/mol. The molecule has 184 valence electrons. The van der Waals surface area contributed by atoms with Crippen molar-refractivity contribution >= 4 is 28.9 Å². The van der Waals surface area contributed by atoms with Crippen molar-refractivity contribution in [3.8, 4) is 0 Å². The zero-order valence-electron chi connectivity index (χ0n) is 18.6. The normalized spacial score (nSPS) is 21.4. The topological polar surface area (TPSA) is 152 Å². The van der Waals surface area contributed by atoms with E-state index in [1.54, 1.807) is 60.7 Å². The number of carbonyl (C=O) groups excluding carboxylic acids is 2. The second kappa shape index (κ2) is 9.68. The summed E-state index contributed by atoms with van der Waals surface area (Å²) in [5.41, 5.74) is 6.37. The predicted molar refractivity (Wildman–Crippen MR) is 122 cm³/mol. The van der Waals surface area contributed by atoms with E-state index in [2.05, 4.69) is 15.0 Å². The van der Waals surface area contributed by atoms with E-state index >= 15 is 0 Å². The van der Waals surface area contributed by atoms with E-state index in [1.807, 2.05) is 0 Å². The Morgan fingerprint density at radius 3 is 2.33 bits per heavy atom. The number of carbonyl (C=O) groups is 2. The Morgan fingerprint density at radius 2 is 1.67 bits per heavy atom. The monoisotopic (exact) mass is 493 g/mol. The minimum Gasteiger partial charge on any atom is -0.459 e. The Bertz CT molecular complexity index is 1400. The molecule has 2 aromatic carbocycles. The zero-order valence-corrected chi connectivity index (χ0v) is 18.6. The van der Waals surface area contributed by atoms with Gasteiger partial charge in [-0.05, 0) is 24.3 Å². The molecule has 2 aromatic heterocycles.